The highest BCUT2D eigenvalue weighted by atomic mass is 32.2. The van der Waals surface area contributed by atoms with Gasteiger partial charge < -0.3 is 0 Å². The van der Waals surface area contributed by atoms with Crippen LogP contribution in [0.1, 0.15) is 22.5 Å². The van der Waals surface area contributed by atoms with Gasteiger partial charge in [-0.25, -0.2) is 13.1 Å². The lowest BCUT2D eigenvalue weighted by Crippen LogP contribution is -2.25. The van der Waals surface area contributed by atoms with Crippen molar-refractivity contribution in [2.75, 3.05) is 0 Å². The molecule has 0 radical (unpaired) electrons. The summed E-state index contributed by atoms with van der Waals surface area (Å²) in [5.41, 5.74) is 2.48. The molecule has 2 N–H and O–H groups in total. The summed E-state index contributed by atoms with van der Waals surface area (Å²) in [5, 5.41) is 13.0. The molecule has 0 aliphatic carbocycles. The van der Waals surface area contributed by atoms with Gasteiger partial charge in [-0.1, -0.05) is 22.9 Å². The van der Waals surface area contributed by atoms with Gasteiger partial charge in [-0.15, -0.1) is 10.2 Å². The van der Waals surface area contributed by atoms with Crippen LogP contribution in [0.15, 0.2) is 17.0 Å². The summed E-state index contributed by atoms with van der Waals surface area (Å²) in [5.74, 6) is 0.297. The third-order valence-corrected chi connectivity index (χ3v) is 4.39. The van der Waals surface area contributed by atoms with Crippen LogP contribution in [-0.2, 0) is 16.6 Å². The van der Waals surface area contributed by atoms with Gasteiger partial charge in [-0.05, 0) is 31.9 Å². The second kappa shape index (κ2) is 5.06. The van der Waals surface area contributed by atoms with Crippen molar-refractivity contribution >= 4 is 10.0 Å². The summed E-state index contributed by atoms with van der Waals surface area (Å²) >= 11 is 0. The summed E-state index contributed by atoms with van der Waals surface area (Å²) in [7, 11) is -3.59. The Bertz CT molecular complexity index is 656. The van der Waals surface area contributed by atoms with E-state index in [1.807, 2.05) is 19.1 Å². The molecule has 0 spiro atoms. The van der Waals surface area contributed by atoms with Crippen molar-refractivity contribution in [2.24, 2.45) is 0 Å². The number of aromatic nitrogens is 4. The third kappa shape index (κ3) is 2.96. The molecule has 2 aromatic rings. The molecule has 19 heavy (non-hydrogen) atoms. The SMILES string of the molecule is Cc1cc(C)c(S(=O)(=O)NCc2nn[nH]n2)c(C)c1. The Morgan fingerprint density at radius 2 is 1.84 bits per heavy atom. The van der Waals surface area contributed by atoms with E-state index in [1.54, 1.807) is 13.8 Å². The van der Waals surface area contributed by atoms with E-state index in [9.17, 15) is 8.42 Å². The van der Waals surface area contributed by atoms with Gasteiger partial charge in [0.2, 0.25) is 10.0 Å². The van der Waals surface area contributed by atoms with Gasteiger partial charge in [-0.3, -0.25) is 0 Å². The maximum absolute atomic E-state index is 12.3. The Kier molecular flexibility index (Phi) is 3.63. The third-order valence-electron chi connectivity index (χ3n) is 2.68. The molecule has 102 valence electrons. The van der Waals surface area contributed by atoms with Crippen molar-refractivity contribution in [1.29, 1.82) is 0 Å². The van der Waals surface area contributed by atoms with Crippen LogP contribution >= 0.6 is 0 Å². The topological polar surface area (TPSA) is 101 Å². The molecule has 0 saturated carbocycles. The van der Waals surface area contributed by atoms with E-state index < -0.39 is 10.0 Å². The first-order valence-electron chi connectivity index (χ1n) is 5.70. The van der Waals surface area contributed by atoms with Crippen LogP contribution in [0.3, 0.4) is 0 Å². The second-order valence-corrected chi connectivity index (χ2v) is 6.08. The largest absolute Gasteiger partial charge is 0.241 e. The van der Waals surface area contributed by atoms with Gasteiger partial charge in [0.25, 0.3) is 0 Å². The molecule has 0 fully saturated rings. The fourth-order valence-corrected chi connectivity index (χ4v) is 3.51. The number of H-pyrrole nitrogens is 1. The predicted molar refractivity (Wildman–Crippen MR) is 68.9 cm³/mol. The highest BCUT2D eigenvalue weighted by Gasteiger charge is 2.20. The molecule has 0 amide bonds. The van der Waals surface area contributed by atoms with Crippen LogP contribution < -0.4 is 4.72 Å². The first-order chi connectivity index (χ1) is 8.90. The number of aromatic amines is 1. The van der Waals surface area contributed by atoms with Gasteiger partial charge in [0.1, 0.15) is 0 Å². The monoisotopic (exact) mass is 281 g/mol. The minimum absolute atomic E-state index is 0.00555. The summed E-state index contributed by atoms with van der Waals surface area (Å²) in [6, 6.07) is 3.69. The van der Waals surface area contributed by atoms with Crippen molar-refractivity contribution in [3.05, 3.63) is 34.6 Å². The number of nitrogens with zero attached hydrogens (tertiary/aromatic N) is 3. The van der Waals surface area contributed by atoms with Crippen molar-refractivity contribution in [1.82, 2.24) is 25.3 Å². The summed E-state index contributed by atoms with van der Waals surface area (Å²) in [6.07, 6.45) is 0. The summed E-state index contributed by atoms with van der Waals surface area (Å²) < 4.78 is 27.0. The van der Waals surface area contributed by atoms with E-state index in [0.717, 1.165) is 16.7 Å². The standard InChI is InChI=1S/C11H15N5O2S/c1-7-4-8(2)11(9(3)5-7)19(17,18)12-6-10-13-15-16-14-10/h4-5,12H,6H2,1-3H3,(H,13,14,15,16). The minimum Gasteiger partial charge on any atom is -0.207 e. The van der Waals surface area contributed by atoms with Gasteiger partial charge in [-0.2, -0.15) is 5.21 Å². The molecule has 8 heteroatoms. The Morgan fingerprint density at radius 3 is 2.37 bits per heavy atom. The second-order valence-electron chi connectivity index (χ2n) is 4.38. The van der Waals surface area contributed by atoms with Crippen molar-refractivity contribution in [2.45, 2.75) is 32.2 Å². The molecule has 2 rings (SSSR count). The van der Waals surface area contributed by atoms with Crippen LogP contribution in [0.4, 0.5) is 0 Å². The highest BCUT2D eigenvalue weighted by Crippen LogP contribution is 2.21. The Labute approximate surface area is 111 Å². The van der Waals surface area contributed by atoms with Gasteiger partial charge >= 0.3 is 0 Å². The number of aryl methyl sites for hydroxylation is 3. The number of rotatable bonds is 4. The normalized spacial score (nSPS) is 11.7. The Morgan fingerprint density at radius 1 is 1.21 bits per heavy atom. The zero-order valence-corrected chi connectivity index (χ0v) is 11.7. The predicted octanol–water partition coefficient (Wildman–Crippen LogP) is 0.603. The molecule has 0 aliphatic heterocycles. The molecule has 0 saturated heterocycles. The number of hydrogen-bond acceptors (Lipinski definition) is 5. The Balaban J connectivity index is 2.29. The summed E-state index contributed by atoms with van der Waals surface area (Å²) in [6.45, 7) is 5.50. The Hall–Kier alpha value is -1.80. The molecular weight excluding hydrogens is 266 g/mol. The number of hydrogen-bond donors (Lipinski definition) is 2. The van der Waals surface area contributed by atoms with Crippen LogP contribution in [0.5, 0.6) is 0 Å². The van der Waals surface area contributed by atoms with E-state index in [4.69, 9.17) is 0 Å². The lowest BCUT2D eigenvalue weighted by atomic mass is 10.1. The van der Waals surface area contributed by atoms with Crippen LogP contribution in [0, 0.1) is 20.8 Å². The number of nitrogens with one attached hydrogen (secondary N) is 2. The first-order valence-corrected chi connectivity index (χ1v) is 7.18. The van der Waals surface area contributed by atoms with Gasteiger partial charge in [0.05, 0.1) is 11.4 Å². The lowest BCUT2D eigenvalue weighted by Gasteiger charge is -2.12. The fraction of sp³-hybridized carbons (Fsp3) is 0.364. The van der Waals surface area contributed by atoms with E-state index >= 15 is 0 Å². The maximum atomic E-state index is 12.3. The average Bonchev–Trinajstić information content (AvgIpc) is 2.77. The van der Waals surface area contributed by atoms with Gasteiger partial charge in [0.15, 0.2) is 5.82 Å². The van der Waals surface area contributed by atoms with Crippen LogP contribution in [0.25, 0.3) is 0 Å². The van der Waals surface area contributed by atoms with Crippen LogP contribution in [-0.4, -0.2) is 29.0 Å². The smallest absolute Gasteiger partial charge is 0.207 e. The molecule has 7 nitrogen and oxygen atoms in total. The molecule has 1 heterocycles. The molecule has 1 aromatic carbocycles. The van der Waals surface area contributed by atoms with Gasteiger partial charge in [0, 0.05) is 0 Å². The molecular formula is C11H15N5O2S. The molecule has 1 aromatic heterocycles. The van der Waals surface area contributed by atoms with E-state index in [1.165, 1.54) is 0 Å². The number of sulfonamides is 1. The zero-order valence-electron chi connectivity index (χ0n) is 10.9. The first kappa shape index (κ1) is 13.6. The van der Waals surface area contributed by atoms with Crippen LogP contribution in [0.2, 0.25) is 0 Å². The van der Waals surface area contributed by atoms with Crippen molar-refractivity contribution in [3.8, 4) is 0 Å². The number of tetrazole rings is 1. The van der Waals surface area contributed by atoms with Crippen molar-refractivity contribution < 1.29 is 8.42 Å². The molecule has 0 unspecified atom stereocenters. The minimum atomic E-state index is -3.59. The summed E-state index contributed by atoms with van der Waals surface area (Å²) in [4.78, 5) is 0.307. The lowest BCUT2D eigenvalue weighted by molar-refractivity contribution is 0.578. The molecule has 0 bridgehead atoms. The number of benzene rings is 1. The quantitative estimate of drug-likeness (QED) is 0.854. The van der Waals surface area contributed by atoms with E-state index in [-0.39, 0.29) is 6.54 Å². The fourth-order valence-electron chi connectivity index (χ4n) is 2.08. The molecule has 0 atom stereocenters. The van der Waals surface area contributed by atoms with E-state index in [2.05, 4.69) is 25.3 Å². The zero-order chi connectivity index (χ0) is 14.0. The van der Waals surface area contributed by atoms with E-state index in [0.29, 0.717) is 10.7 Å². The average molecular weight is 281 g/mol. The highest BCUT2D eigenvalue weighted by molar-refractivity contribution is 7.89. The van der Waals surface area contributed by atoms with Crippen molar-refractivity contribution in [3.63, 3.8) is 0 Å². The molecule has 0 aliphatic rings. The maximum Gasteiger partial charge on any atom is 0.241 e.